The minimum absolute atomic E-state index is 0.0430. The van der Waals surface area contributed by atoms with E-state index < -0.39 is 17.3 Å². The van der Waals surface area contributed by atoms with Gasteiger partial charge in [-0.05, 0) is 45.2 Å². The highest BCUT2D eigenvalue weighted by Gasteiger charge is 2.45. The number of anilines is 1. The lowest BCUT2D eigenvalue weighted by Gasteiger charge is -2.24. The van der Waals surface area contributed by atoms with Gasteiger partial charge in [-0.15, -0.1) is 0 Å². The predicted octanol–water partition coefficient (Wildman–Crippen LogP) is 2.29. The van der Waals surface area contributed by atoms with E-state index >= 15 is 0 Å². The Balaban J connectivity index is 1.77. The highest BCUT2D eigenvalue weighted by molar-refractivity contribution is 6.01. The minimum atomic E-state index is -0.887. The van der Waals surface area contributed by atoms with Gasteiger partial charge in [-0.25, -0.2) is 0 Å². The third-order valence-electron chi connectivity index (χ3n) is 5.68. The number of carboxylic acids is 1. The standard InChI is InChI=1S/C20H26N2O4/c1-12-7-13(2)17(14(3)8-12)22-10-15(9-16(22)23)18(24)21-6-5-20(4,11-21)19(25)26/h7-8,15H,5-6,9-11H2,1-4H3,(H,25,26). The van der Waals surface area contributed by atoms with E-state index in [0.29, 0.717) is 19.5 Å². The van der Waals surface area contributed by atoms with E-state index in [1.54, 1.807) is 16.7 Å². The Labute approximate surface area is 153 Å². The fourth-order valence-corrected chi connectivity index (χ4v) is 4.27. The van der Waals surface area contributed by atoms with Crippen LogP contribution in [-0.2, 0) is 14.4 Å². The van der Waals surface area contributed by atoms with Crippen molar-refractivity contribution in [3.05, 3.63) is 28.8 Å². The highest BCUT2D eigenvalue weighted by Crippen LogP contribution is 2.35. The van der Waals surface area contributed by atoms with Gasteiger partial charge in [-0.1, -0.05) is 17.7 Å². The summed E-state index contributed by atoms with van der Waals surface area (Å²) in [6.45, 7) is 8.68. The molecule has 2 amide bonds. The van der Waals surface area contributed by atoms with E-state index in [1.807, 2.05) is 32.9 Å². The van der Waals surface area contributed by atoms with E-state index in [2.05, 4.69) is 0 Å². The summed E-state index contributed by atoms with van der Waals surface area (Å²) in [5, 5.41) is 9.35. The van der Waals surface area contributed by atoms with Crippen LogP contribution in [0.3, 0.4) is 0 Å². The molecule has 140 valence electrons. The third-order valence-corrected chi connectivity index (χ3v) is 5.68. The van der Waals surface area contributed by atoms with Crippen molar-refractivity contribution in [2.45, 2.75) is 40.5 Å². The Morgan fingerprint density at radius 3 is 2.35 bits per heavy atom. The predicted molar refractivity (Wildman–Crippen MR) is 98.1 cm³/mol. The molecule has 1 aromatic carbocycles. The van der Waals surface area contributed by atoms with Gasteiger partial charge in [0, 0.05) is 31.7 Å². The van der Waals surface area contributed by atoms with E-state index in [-0.39, 0.29) is 24.8 Å². The summed E-state index contributed by atoms with van der Waals surface area (Å²) in [6, 6.07) is 4.09. The number of hydrogen-bond acceptors (Lipinski definition) is 3. The molecule has 2 fully saturated rings. The van der Waals surface area contributed by atoms with Crippen LogP contribution in [-0.4, -0.2) is 47.4 Å². The van der Waals surface area contributed by atoms with Gasteiger partial charge in [0.15, 0.2) is 0 Å². The lowest BCUT2D eigenvalue weighted by Crippen LogP contribution is -2.39. The summed E-state index contributed by atoms with van der Waals surface area (Å²) >= 11 is 0. The molecule has 2 aliphatic rings. The van der Waals surface area contributed by atoms with Gasteiger partial charge in [0.05, 0.1) is 11.3 Å². The molecule has 6 nitrogen and oxygen atoms in total. The van der Waals surface area contributed by atoms with Crippen molar-refractivity contribution in [1.29, 1.82) is 0 Å². The van der Waals surface area contributed by atoms with Crippen LogP contribution < -0.4 is 4.90 Å². The van der Waals surface area contributed by atoms with Crippen LogP contribution in [0.5, 0.6) is 0 Å². The second kappa shape index (κ2) is 6.41. The third kappa shape index (κ3) is 3.08. The first kappa shape index (κ1) is 18.4. The molecule has 26 heavy (non-hydrogen) atoms. The number of aryl methyl sites for hydroxylation is 3. The number of carbonyl (C=O) groups excluding carboxylic acids is 2. The molecular weight excluding hydrogens is 332 g/mol. The maximum Gasteiger partial charge on any atom is 0.311 e. The number of aliphatic carboxylic acids is 1. The lowest BCUT2D eigenvalue weighted by atomic mass is 9.90. The lowest BCUT2D eigenvalue weighted by molar-refractivity contribution is -0.147. The average molecular weight is 358 g/mol. The van der Waals surface area contributed by atoms with Crippen molar-refractivity contribution in [2.24, 2.45) is 11.3 Å². The zero-order valence-electron chi connectivity index (χ0n) is 15.8. The van der Waals surface area contributed by atoms with Crippen molar-refractivity contribution < 1.29 is 19.5 Å². The summed E-state index contributed by atoms with van der Waals surface area (Å²) in [6.07, 6.45) is 0.639. The smallest absolute Gasteiger partial charge is 0.311 e. The van der Waals surface area contributed by atoms with Gasteiger partial charge < -0.3 is 14.9 Å². The van der Waals surface area contributed by atoms with Crippen LogP contribution in [0.2, 0.25) is 0 Å². The van der Waals surface area contributed by atoms with Crippen LogP contribution in [0.4, 0.5) is 5.69 Å². The van der Waals surface area contributed by atoms with Gasteiger partial charge >= 0.3 is 5.97 Å². The van der Waals surface area contributed by atoms with Crippen molar-refractivity contribution in [2.75, 3.05) is 24.5 Å². The van der Waals surface area contributed by atoms with Crippen LogP contribution in [0, 0.1) is 32.1 Å². The fourth-order valence-electron chi connectivity index (χ4n) is 4.27. The Morgan fingerprint density at radius 1 is 1.19 bits per heavy atom. The van der Waals surface area contributed by atoms with Gasteiger partial charge in [-0.3, -0.25) is 14.4 Å². The van der Waals surface area contributed by atoms with Crippen LogP contribution in [0.1, 0.15) is 36.5 Å². The normalized spacial score (nSPS) is 25.8. The van der Waals surface area contributed by atoms with Crippen molar-refractivity contribution in [3.8, 4) is 0 Å². The number of rotatable bonds is 3. The summed E-state index contributed by atoms with van der Waals surface area (Å²) in [4.78, 5) is 40.2. The molecule has 1 aromatic rings. The van der Waals surface area contributed by atoms with Gasteiger partial charge in [0.1, 0.15) is 0 Å². The summed E-state index contributed by atoms with van der Waals surface area (Å²) in [5.74, 6) is -1.42. The number of carbonyl (C=O) groups is 3. The highest BCUT2D eigenvalue weighted by atomic mass is 16.4. The Hall–Kier alpha value is -2.37. The maximum absolute atomic E-state index is 12.9. The summed E-state index contributed by atoms with van der Waals surface area (Å²) in [5.41, 5.74) is 3.22. The monoisotopic (exact) mass is 358 g/mol. The Kier molecular flexibility index (Phi) is 4.54. The van der Waals surface area contributed by atoms with E-state index in [1.165, 1.54) is 0 Å². The number of carboxylic acid groups (broad SMARTS) is 1. The van der Waals surface area contributed by atoms with Gasteiger partial charge in [0.25, 0.3) is 0 Å². The summed E-state index contributed by atoms with van der Waals surface area (Å²) in [7, 11) is 0. The second-order valence-electron chi connectivity index (χ2n) is 8.03. The molecule has 2 heterocycles. The molecule has 1 N–H and O–H groups in total. The van der Waals surface area contributed by atoms with Crippen LogP contribution in [0.25, 0.3) is 0 Å². The molecule has 3 rings (SSSR count). The first-order valence-corrected chi connectivity index (χ1v) is 9.03. The van der Waals surface area contributed by atoms with Crippen LogP contribution in [0.15, 0.2) is 12.1 Å². The number of nitrogens with zero attached hydrogens (tertiary/aromatic N) is 2. The first-order chi connectivity index (χ1) is 12.1. The number of likely N-dealkylation sites (tertiary alicyclic amines) is 1. The quantitative estimate of drug-likeness (QED) is 0.899. The molecule has 2 atom stereocenters. The molecule has 0 radical (unpaired) electrons. The summed E-state index contributed by atoms with van der Waals surface area (Å²) < 4.78 is 0. The van der Waals surface area contributed by atoms with Crippen molar-refractivity contribution in [3.63, 3.8) is 0 Å². The molecule has 0 spiro atoms. The molecule has 0 aromatic heterocycles. The zero-order chi connectivity index (χ0) is 19.2. The average Bonchev–Trinajstić information content (AvgIpc) is 3.11. The number of hydrogen-bond donors (Lipinski definition) is 1. The molecule has 0 bridgehead atoms. The van der Waals surface area contributed by atoms with E-state index in [0.717, 1.165) is 22.4 Å². The largest absolute Gasteiger partial charge is 0.481 e. The SMILES string of the molecule is Cc1cc(C)c(N2CC(C(=O)N3CCC(C)(C(=O)O)C3)CC2=O)c(C)c1. The van der Waals surface area contributed by atoms with E-state index in [4.69, 9.17) is 0 Å². The first-order valence-electron chi connectivity index (χ1n) is 9.03. The number of benzene rings is 1. The van der Waals surface area contributed by atoms with Gasteiger partial charge in [-0.2, -0.15) is 0 Å². The Bertz CT molecular complexity index is 765. The molecule has 2 unspecified atom stereocenters. The maximum atomic E-state index is 12.9. The second-order valence-corrected chi connectivity index (χ2v) is 8.03. The fraction of sp³-hybridized carbons (Fsp3) is 0.550. The molecule has 0 saturated carbocycles. The Morgan fingerprint density at radius 2 is 1.81 bits per heavy atom. The molecule has 2 aliphatic heterocycles. The number of amides is 2. The van der Waals surface area contributed by atoms with Crippen LogP contribution >= 0.6 is 0 Å². The molecule has 6 heteroatoms. The minimum Gasteiger partial charge on any atom is -0.481 e. The zero-order valence-corrected chi connectivity index (χ0v) is 15.8. The molecular formula is C20H26N2O4. The topological polar surface area (TPSA) is 77.9 Å². The van der Waals surface area contributed by atoms with Crippen molar-refractivity contribution in [1.82, 2.24) is 4.90 Å². The van der Waals surface area contributed by atoms with E-state index in [9.17, 15) is 19.5 Å². The molecule has 2 saturated heterocycles. The van der Waals surface area contributed by atoms with Gasteiger partial charge in [0.2, 0.25) is 11.8 Å². The van der Waals surface area contributed by atoms with Crippen molar-refractivity contribution >= 4 is 23.5 Å². The molecule has 0 aliphatic carbocycles.